The first-order valence-electron chi connectivity index (χ1n) is 15.1. The van der Waals surface area contributed by atoms with Gasteiger partial charge in [0.1, 0.15) is 11.6 Å². The van der Waals surface area contributed by atoms with Gasteiger partial charge in [-0.1, -0.05) is 61.7 Å². The Hall–Kier alpha value is -3.69. The number of rotatable bonds is 12. The molecule has 5 rings (SSSR count). The summed E-state index contributed by atoms with van der Waals surface area (Å²) >= 11 is 0. The fourth-order valence-electron chi connectivity index (χ4n) is 5.61. The lowest BCUT2D eigenvalue weighted by Gasteiger charge is -2.35. The molecule has 1 aromatic heterocycles. The molecule has 1 saturated carbocycles. The van der Waals surface area contributed by atoms with Crippen molar-refractivity contribution in [1.82, 2.24) is 25.5 Å². The Bertz CT molecular complexity index is 1220. The SMILES string of the molecule is Nc1cc(N2CCN(C(=O)c3ccccc3)CC2)nc(NCc2ccc(CNCCCNC3CCCCC3)cc2)n1. The number of hydrogen-bond donors (Lipinski definition) is 4. The summed E-state index contributed by atoms with van der Waals surface area (Å²) in [6.07, 6.45) is 8.01. The van der Waals surface area contributed by atoms with Gasteiger partial charge in [-0.3, -0.25) is 4.79 Å². The largest absolute Gasteiger partial charge is 0.383 e. The monoisotopic (exact) mass is 556 g/mol. The minimum atomic E-state index is 0.0683. The first-order valence-corrected chi connectivity index (χ1v) is 15.1. The van der Waals surface area contributed by atoms with Crippen LogP contribution in [0.3, 0.4) is 0 Å². The fourth-order valence-corrected chi connectivity index (χ4v) is 5.61. The van der Waals surface area contributed by atoms with Gasteiger partial charge in [0.05, 0.1) is 0 Å². The van der Waals surface area contributed by atoms with Gasteiger partial charge in [-0.2, -0.15) is 9.97 Å². The fraction of sp³-hybridized carbons (Fsp3) is 0.469. The number of benzene rings is 2. The summed E-state index contributed by atoms with van der Waals surface area (Å²) in [5, 5.41) is 10.6. The average Bonchev–Trinajstić information content (AvgIpc) is 3.02. The molecule has 1 amide bonds. The molecule has 0 unspecified atom stereocenters. The third-order valence-electron chi connectivity index (χ3n) is 8.02. The topological polar surface area (TPSA) is 111 Å². The van der Waals surface area contributed by atoms with Gasteiger partial charge >= 0.3 is 0 Å². The van der Waals surface area contributed by atoms with E-state index in [0.29, 0.717) is 44.5 Å². The number of nitrogen functional groups attached to an aromatic ring is 1. The summed E-state index contributed by atoms with van der Waals surface area (Å²) in [7, 11) is 0. The third-order valence-corrected chi connectivity index (χ3v) is 8.02. The lowest BCUT2D eigenvalue weighted by atomic mass is 9.95. The standard InChI is InChI=1S/C32H44N8O/c33-29-22-30(39-18-20-40(21-19-39)31(41)27-8-3-1-4-9-27)38-32(37-29)36-24-26-14-12-25(13-15-26)23-34-16-7-17-35-28-10-5-2-6-11-28/h1,3-4,8-9,12-15,22,28,34-35H,2,5-7,10-11,16-21,23-24H2,(H3,33,36,37,38). The predicted molar refractivity (Wildman–Crippen MR) is 166 cm³/mol. The molecule has 0 radical (unpaired) electrons. The highest BCUT2D eigenvalue weighted by atomic mass is 16.2. The van der Waals surface area contributed by atoms with Gasteiger partial charge in [-0.05, 0) is 55.6 Å². The summed E-state index contributed by atoms with van der Waals surface area (Å²) in [4.78, 5) is 25.9. The van der Waals surface area contributed by atoms with E-state index in [2.05, 4.69) is 50.1 Å². The Kier molecular flexibility index (Phi) is 10.4. The lowest BCUT2D eigenvalue weighted by Crippen LogP contribution is -2.49. The van der Waals surface area contributed by atoms with Crippen molar-refractivity contribution < 1.29 is 4.79 Å². The van der Waals surface area contributed by atoms with E-state index in [4.69, 9.17) is 10.7 Å². The second-order valence-electron chi connectivity index (χ2n) is 11.1. The Labute approximate surface area is 243 Å². The highest BCUT2D eigenvalue weighted by Crippen LogP contribution is 2.20. The van der Waals surface area contributed by atoms with Crippen LogP contribution in [0.25, 0.3) is 0 Å². The molecular weight excluding hydrogens is 512 g/mol. The molecule has 2 fully saturated rings. The van der Waals surface area contributed by atoms with Crippen molar-refractivity contribution in [2.75, 3.05) is 55.2 Å². The maximum atomic E-state index is 12.8. The van der Waals surface area contributed by atoms with Crippen molar-refractivity contribution in [2.45, 2.75) is 57.7 Å². The van der Waals surface area contributed by atoms with E-state index in [-0.39, 0.29) is 5.91 Å². The van der Waals surface area contributed by atoms with Crippen LogP contribution in [0.5, 0.6) is 0 Å². The van der Waals surface area contributed by atoms with Gasteiger partial charge in [-0.15, -0.1) is 0 Å². The Morgan fingerprint density at radius 3 is 2.29 bits per heavy atom. The zero-order valence-corrected chi connectivity index (χ0v) is 24.0. The second kappa shape index (κ2) is 14.8. The summed E-state index contributed by atoms with van der Waals surface area (Å²) in [5.41, 5.74) is 9.29. The number of hydrogen-bond acceptors (Lipinski definition) is 8. The first kappa shape index (κ1) is 28.8. The summed E-state index contributed by atoms with van der Waals surface area (Å²) < 4.78 is 0. The van der Waals surface area contributed by atoms with Gasteiger partial charge in [0, 0.05) is 56.9 Å². The molecule has 9 heteroatoms. The van der Waals surface area contributed by atoms with Crippen molar-refractivity contribution in [3.05, 3.63) is 77.4 Å². The molecule has 2 aliphatic rings. The molecule has 218 valence electrons. The first-order chi connectivity index (χ1) is 20.1. The molecule has 3 aromatic rings. The van der Waals surface area contributed by atoms with E-state index < -0.39 is 0 Å². The molecule has 2 heterocycles. The van der Waals surface area contributed by atoms with E-state index in [0.717, 1.165) is 49.0 Å². The van der Waals surface area contributed by atoms with Gasteiger partial charge in [0.15, 0.2) is 0 Å². The second-order valence-corrected chi connectivity index (χ2v) is 11.1. The molecule has 5 N–H and O–H groups in total. The van der Waals surface area contributed by atoms with Gasteiger partial charge < -0.3 is 31.5 Å². The maximum Gasteiger partial charge on any atom is 0.253 e. The molecule has 41 heavy (non-hydrogen) atoms. The Morgan fingerprint density at radius 1 is 0.854 bits per heavy atom. The normalized spacial score (nSPS) is 16.1. The number of carbonyl (C=O) groups excluding carboxylic acids is 1. The van der Waals surface area contributed by atoms with E-state index in [1.807, 2.05) is 35.2 Å². The molecule has 2 aromatic carbocycles. The lowest BCUT2D eigenvalue weighted by molar-refractivity contribution is 0.0746. The summed E-state index contributed by atoms with van der Waals surface area (Å²) in [6.45, 7) is 6.28. The molecule has 0 bridgehead atoms. The smallest absolute Gasteiger partial charge is 0.253 e. The highest BCUT2D eigenvalue weighted by Gasteiger charge is 2.23. The Morgan fingerprint density at radius 2 is 1.56 bits per heavy atom. The van der Waals surface area contributed by atoms with Crippen molar-refractivity contribution in [3.8, 4) is 0 Å². The van der Waals surface area contributed by atoms with Crippen LogP contribution in [-0.4, -0.2) is 66.1 Å². The third kappa shape index (κ3) is 8.65. The number of aromatic nitrogens is 2. The van der Waals surface area contributed by atoms with Gasteiger partial charge in [0.25, 0.3) is 5.91 Å². The number of nitrogens with one attached hydrogen (secondary N) is 3. The van der Waals surface area contributed by atoms with Crippen molar-refractivity contribution in [3.63, 3.8) is 0 Å². The van der Waals surface area contributed by atoms with Crippen molar-refractivity contribution >= 4 is 23.5 Å². The van der Waals surface area contributed by atoms with Crippen LogP contribution in [0.1, 0.15) is 60.0 Å². The van der Waals surface area contributed by atoms with E-state index in [9.17, 15) is 4.79 Å². The van der Waals surface area contributed by atoms with Crippen LogP contribution >= 0.6 is 0 Å². The summed E-state index contributed by atoms with van der Waals surface area (Å²) in [5.74, 6) is 1.78. The van der Waals surface area contributed by atoms with Crippen LogP contribution in [0.4, 0.5) is 17.6 Å². The minimum Gasteiger partial charge on any atom is -0.383 e. The van der Waals surface area contributed by atoms with Gasteiger partial charge in [-0.25, -0.2) is 0 Å². The number of piperazine rings is 1. The number of nitrogens with two attached hydrogens (primary N) is 1. The van der Waals surface area contributed by atoms with E-state index in [1.54, 1.807) is 6.07 Å². The average molecular weight is 557 g/mol. The molecule has 0 spiro atoms. The van der Waals surface area contributed by atoms with E-state index >= 15 is 0 Å². The minimum absolute atomic E-state index is 0.0683. The zero-order valence-electron chi connectivity index (χ0n) is 24.0. The van der Waals surface area contributed by atoms with Crippen LogP contribution in [0.15, 0.2) is 60.7 Å². The highest BCUT2D eigenvalue weighted by molar-refractivity contribution is 5.94. The van der Waals surface area contributed by atoms with Crippen LogP contribution in [-0.2, 0) is 13.1 Å². The number of carbonyl (C=O) groups is 1. The van der Waals surface area contributed by atoms with Crippen LogP contribution in [0, 0.1) is 0 Å². The maximum absolute atomic E-state index is 12.8. The Balaban J connectivity index is 1.03. The quantitative estimate of drug-likeness (QED) is 0.248. The predicted octanol–water partition coefficient (Wildman–Crippen LogP) is 4.04. The number of amides is 1. The molecule has 1 saturated heterocycles. The molecule has 1 aliphatic carbocycles. The van der Waals surface area contributed by atoms with Crippen LogP contribution < -0.4 is 26.6 Å². The number of nitrogens with zero attached hydrogens (tertiary/aromatic N) is 4. The van der Waals surface area contributed by atoms with Gasteiger partial charge in [0.2, 0.25) is 5.95 Å². The summed E-state index contributed by atoms with van der Waals surface area (Å²) in [6, 6.07) is 20.6. The van der Waals surface area contributed by atoms with E-state index in [1.165, 1.54) is 37.7 Å². The van der Waals surface area contributed by atoms with Crippen LogP contribution in [0.2, 0.25) is 0 Å². The molecular formula is C32H44N8O. The van der Waals surface area contributed by atoms with Crippen molar-refractivity contribution in [2.24, 2.45) is 0 Å². The zero-order chi connectivity index (χ0) is 28.3. The molecule has 1 aliphatic heterocycles. The van der Waals surface area contributed by atoms with Crippen molar-refractivity contribution in [1.29, 1.82) is 0 Å². The molecule has 9 nitrogen and oxygen atoms in total. The molecule has 0 atom stereocenters. The number of anilines is 3.